The third-order valence-electron chi connectivity index (χ3n) is 1.80. The molecule has 0 aliphatic rings. The summed E-state index contributed by atoms with van der Waals surface area (Å²) in [6, 6.07) is 3.44. The van der Waals surface area contributed by atoms with Crippen LogP contribution < -0.4 is 4.74 Å². The van der Waals surface area contributed by atoms with Crippen molar-refractivity contribution in [3.05, 3.63) is 23.8 Å². The Hall–Kier alpha value is -1.17. The van der Waals surface area contributed by atoms with E-state index in [-0.39, 0.29) is 29.3 Å². The molecule has 0 aliphatic heterocycles. The summed E-state index contributed by atoms with van der Waals surface area (Å²) in [5.41, 5.74) is -0.0419. The minimum Gasteiger partial charge on any atom is -0.508 e. The molecular weight excluding hydrogens is 286 g/mol. The summed E-state index contributed by atoms with van der Waals surface area (Å²) in [6.07, 6.45) is 0.142. The van der Waals surface area contributed by atoms with Crippen molar-refractivity contribution in [2.75, 3.05) is 5.33 Å². The molecule has 3 nitrogen and oxygen atoms in total. The number of alkyl halides is 3. The molecule has 0 bridgehead atoms. The molecule has 1 aromatic carbocycles. The number of ether oxygens (including phenoxy) is 1. The van der Waals surface area contributed by atoms with Gasteiger partial charge in [0.05, 0.1) is 5.56 Å². The van der Waals surface area contributed by atoms with Gasteiger partial charge in [-0.15, -0.1) is 0 Å². The van der Waals surface area contributed by atoms with Crippen LogP contribution in [-0.4, -0.2) is 22.8 Å². The van der Waals surface area contributed by atoms with Crippen molar-refractivity contribution in [2.24, 2.45) is 0 Å². The predicted molar refractivity (Wildman–Crippen MR) is 57.5 cm³/mol. The zero-order chi connectivity index (χ0) is 12.1. The van der Waals surface area contributed by atoms with Crippen LogP contribution in [0.15, 0.2) is 18.2 Å². The van der Waals surface area contributed by atoms with Gasteiger partial charge in [-0.05, 0) is 18.2 Å². The molecule has 0 aromatic heterocycles. The van der Waals surface area contributed by atoms with Crippen LogP contribution in [0.1, 0.15) is 16.8 Å². The number of carbonyl (C=O) groups excluding carboxylic acids is 1. The van der Waals surface area contributed by atoms with Gasteiger partial charge >= 0.3 is 6.61 Å². The Bertz CT molecular complexity index is 382. The molecule has 0 saturated carbocycles. The molecule has 0 amide bonds. The average Bonchev–Trinajstić information content (AvgIpc) is 2.20. The molecule has 0 radical (unpaired) electrons. The Balaban J connectivity index is 3.02. The molecule has 0 fully saturated rings. The molecule has 1 N–H and O–H groups in total. The summed E-state index contributed by atoms with van der Waals surface area (Å²) < 4.78 is 28.3. The second kappa shape index (κ2) is 5.79. The number of hydrogen-bond donors (Lipinski definition) is 1. The zero-order valence-electron chi connectivity index (χ0n) is 8.12. The van der Waals surface area contributed by atoms with Crippen molar-refractivity contribution >= 4 is 21.7 Å². The SMILES string of the molecule is O=C(CCBr)c1cc(O)ccc1OC(F)F. The molecule has 1 rings (SSSR count). The van der Waals surface area contributed by atoms with Crippen molar-refractivity contribution in [3.8, 4) is 11.5 Å². The fraction of sp³-hybridized carbons (Fsp3) is 0.300. The van der Waals surface area contributed by atoms with E-state index in [1.165, 1.54) is 6.07 Å². The van der Waals surface area contributed by atoms with E-state index >= 15 is 0 Å². The highest BCUT2D eigenvalue weighted by molar-refractivity contribution is 9.09. The van der Waals surface area contributed by atoms with Gasteiger partial charge in [0.1, 0.15) is 11.5 Å². The van der Waals surface area contributed by atoms with E-state index in [0.29, 0.717) is 5.33 Å². The maximum atomic E-state index is 12.0. The largest absolute Gasteiger partial charge is 0.508 e. The van der Waals surface area contributed by atoms with Crippen molar-refractivity contribution in [1.82, 2.24) is 0 Å². The number of carbonyl (C=O) groups is 1. The molecule has 88 valence electrons. The zero-order valence-corrected chi connectivity index (χ0v) is 9.71. The lowest BCUT2D eigenvalue weighted by atomic mass is 10.1. The minimum absolute atomic E-state index is 0.0419. The van der Waals surface area contributed by atoms with E-state index in [2.05, 4.69) is 20.7 Å². The number of phenols is 1. The van der Waals surface area contributed by atoms with Crippen LogP contribution in [0.25, 0.3) is 0 Å². The van der Waals surface area contributed by atoms with Crippen molar-refractivity contribution in [1.29, 1.82) is 0 Å². The predicted octanol–water partition coefficient (Wildman–Crippen LogP) is 2.96. The van der Waals surface area contributed by atoms with E-state index in [4.69, 9.17) is 0 Å². The van der Waals surface area contributed by atoms with E-state index in [1.807, 2.05) is 0 Å². The number of hydrogen-bond acceptors (Lipinski definition) is 3. The monoisotopic (exact) mass is 294 g/mol. The molecule has 0 aliphatic carbocycles. The first-order chi connectivity index (χ1) is 7.54. The summed E-state index contributed by atoms with van der Waals surface area (Å²) in [6.45, 7) is -3.00. The van der Waals surface area contributed by atoms with Gasteiger partial charge in [0.25, 0.3) is 0 Å². The number of ketones is 1. The first-order valence-electron chi connectivity index (χ1n) is 4.41. The Kier molecular flexibility index (Phi) is 4.67. The number of Topliss-reactive ketones (excluding diaryl/α,β-unsaturated/α-hetero) is 1. The molecular formula is C10H9BrF2O3. The van der Waals surface area contributed by atoms with Gasteiger partial charge in [0.15, 0.2) is 5.78 Å². The van der Waals surface area contributed by atoms with Crippen LogP contribution in [-0.2, 0) is 0 Å². The van der Waals surface area contributed by atoms with Gasteiger partial charge in [-0.25, -0.2) is 0 Å². The third-order valence-corrected chi connectivity index (χ3v) is 2.20. The van der Waals surface area contributed by atoms with Crippen LogP contribution >= 0.6 is 15.9 Å². The number of rotatable bonds is 5. The van der Waals surface area contributed by atoms with Gasteiger partial charge in [0, 0.05) is 11.8 Å². The average molecular weight is 295 g/mol. The van der Waals surface area contributed by atoms with Crippen LogP contribution in [0.3, 0.4) is 0 Å². The molecule has 0 atom stereocenters. The van der Waals surface area contributed by atoms with Gasteiger partial charge in [0.2, 0.25) is 0 Å². The molecule has 1 aromatic rings. The summed E-state index contributed by atoms with van der Waals surface area (Å²) in [7, 11) is 0. The fourth-order valence-corrected chi connectivity index (χ4v) is 1.52. The third kappa shape index (κ3) is 3.44. The minimum atomic E-state index is -3.00. The summed E-state index contributed by atoms with van der Waals surface area (Å²) in [5.74, 6) is -0.762. The van der Waals surface area contributed by atoms with E-state index in [0.717, 1.165) is 12.1 Å². The fourth-order valence-electron chi connectivity index (χ4n) is 1.16. The van der Waals surface area contributed by atoms with Gasteiger partial charge in [-0.2, -0.15) is 8.78 Å². The van der Waals surface area contributed by atoms with Crippen molar-refractivity contribution in [2.45, 2.75) is 13.0 Å². The standard InChI is InChI=1S/C10H9BrF2O3/c11-4-3-8(15)7-5-6(14)1-2-9(7)16-10(12)13/h1-2,5,10,14H,3-4H2. The summed E-state index contributed by atoms with van der Waals surface area (Å²) in [5, 5.41) is 9.59. The highest BCUT2D eigenvalue weighted by Crippen LogP contribution is 2.26. The molecule has 0 saturated heterocycles. The quantitative estimate of drug-likeness (QED) is 0.671. The topological polar surface area (TPSA) is 46.5 Å². The maximum Gasteiger partial charge on any atom is 0.387 e. The highest BCUT2D eigenvalue weighted by atomic mass is 79.9. The summed E-state index contributed by atoms with van der Waals surface area (Å²) in [4.78, 5) is 11.5. The second-order valence-corrected chi connectivity index (χ2v) is 3.71. The number of benzene rings is 1. The number of halogens is 3. The van der Waals surface area contributed by atoms with E-state index in [1.54, 1.807) is 0 Å². The first kappa shape index (κ1) is 12.9. The maximum absolute atomic E-state index is 12.0. The summed E-state index contributed by atoms with van der Waals surface area (Å²) >= 11 is 3.07. The Morgan fingerprint density at radius 2 is 2.19 bits per heavy atom. The smallest absolute Gasteiger partial charge is 0.387 e. The molecule has 0 unspecified atom stereocenters. The Labute approximate surface area is 99.2 Å². The van der Waals surface area contributed by atoms with Crippen LogP contribution in [0, 0.1) is 0 Å². The normalized spacial score (nSPS) is 10.5. The molecule has 0 heterocycles. The van der Waals surface area contributed by atoms with E-state index < -0.39 is 6.61 Å². The lowest BCUT2D eigenvalue weighted by Gasteiger charge is -2.09. The van der Waals surface area contributed by atoms with Crippen molar-refractivity contribution in [3.63, 3.8) is 0 Å². The Morgan fingerprint density at radius 1 is 1.50 bits per heavy atom. The molecule has 6 heteroatoms. The Morgan fingerprint density at radius 3 is 2.75 bits per heavy atom. The highest BCUT2D eigenvalue weighted by Gasteiger charge is 2.15. The van der Waals surface area contributed by atoms with Crippen LogP contribution in [0.5, 0.6) is 11.5 Å². The van der Waals surface area contributed by atoms with Gasteiger partial charge < -0.3 is 9.84 Å². The van der Waals surface area contributed by atoms with Crippen LogP contribution in [0.2, 0.25) is 0 Å². The van der Waals surface area contributed by atoms with E-state index in [9.17, 15) is 18.7 Å². The first-order valence-corrected chi connectivity index (χ1v) is 5.53. The van der Waals surface area contributed by atoms with Gasteiger partial charge in [-0.1, -0.05) is 15.9 Å². The molecule has 16 heavy (non-hydrogen) atoms. The number of phenolic OH excluding ortho intramolecular Hbond substituents is 1. The number of aromatic hydroxyl groups is 1. The second-order valence-electron chi connectivity index (χ2n) is 2.92. The lowest BCUT2D eigenvalue weighted by Crippen LogP contribution is -2.08. The lowest BCUT2D eigenvalue weighted by molar-refractivity contribution is -0.0501. The van der Waals surface area contributed by atoms with Gasteiger partial charge in [-0.3, -0.25) is 4.79 Å². The van der Waals surface area contributed by atoms with Crippen molar-refractivity contribution < 1.29 is 23.4 Å². The molecule has 0 spiro atoms. The van der Waals surface area contributed by atoms with Crippen LogP contribution in [0.4, 0.5) is 8.78 Å².